The molecule has 0 spiro atoms. The van der Waals surface area contributed by atoms with Crippen LogP contribution in [0.2, 0.25) is 0 Å². The van der Waals surface area contributed by atoms with E-state index in [9.17, 15) is 0 Å². The summed E-state index contributed by atoms with van der Waals surface area (Å²) in [6, 6.07) is 5.96. The van der Waals surface area contributed by atoms with Crippen molar-refractivity contribution in [3.05, 3.63) is 35.7 Å². The number of hydrogen-bond donors (Lipinski definition) is 1. The fourth-order valence-electron chi connectivity index (χ4n) is 1.65. The molecule has 0 aliphatic heterocycles. The first-order valence-electron chi connectivity index (χ1n) is 5.59. The van der Waals surface area contributed by atoms with E-state index in [-0.39, 0.29) is 0 Å². The average molecular weight is 248 g/mol. The molecule has 0 amide bonds. The molecule has 0 unspecified atom stereocenters. The van der Waals surface area contributed by atoms with Crippen LogP contribution >= 0.6 is 11.5 Å². The lowest BCUT2D eigenvalue weighted by molar-refractivity contribution is 0.815. The van der Waals surface area contributed by atoms with Crippen molar-refractivity contribution in [1.82, 2.24) is 9.36 Å². The summed E-state index contributed by atoms with van der Waals surface area (Å²) in [5, 5.41) is 1.13. The van der Waals surface area contributed by atoms with Crippen molar-refractivity contribution >= 4 is 22.4 Å². The number of hydrogen-bond acceptors (Lipinski definition) is 5. The van der Waals surface area contributed by atoms with Gasteiger partial charge in [0.2, 0.25) is 0 Å². The number of rotatable bonds is 4. The fourth-order valence-corrected chi connectivity index (χ4v) is 2.52. The normalized spacial score (nSPS) is 10.5. The van der Waals surface area contributed by atoms with Gasteiger partial charge in [-0.25, -0.2) is 0 Å². The molecule has 2 N–H and O–H groups in total. The van der Waals surface area contributed by atoms with Crippen molar-refractivity contribution in [2.75, 3.05) is 17.2 Å². The van der Waals surface area contributed by atoms with Crippen LogP contribution in [0.5, 0.6) is 0 Å². The Bertz CT molecular complexity index is 481. The molecule has 0 bridgehead atoms. The van der Waals surface area contributed by atoms with E-state index in [2.05, 4.69) is 21.2 Å². The number of aromatic nitrogens is 2. The molecule has 4 nitrogen and oxygen atoms in total. The molecular formula is C12H16N4S. The SMILES string of the molecule is CCN(Cc1ccccn1)c1snc(N)c1C. The zero-order chi connectivity index (χ0) is 12.3. The van der Waals surface area contributed by atoms with Gasteiger partial charge in [-0.3, -0.25) is 4.98 Å². The highest BCUT2D eigenvalue weighted by molar-refractivity contribution is 7.10. The molecule has 0 atom stereocenters. The van der Waals surface area contributed by atoms with E-state index < -0.39 is 0 Å². The maximum atomic E-state index is 5.78. The van der Waals surface area contributed by atoms with Gasteiger partial charge in [0.1, 0.15) is 10.8 Å². The second-order valence-electron chi connectivity index (χ2n) is 3.83. The molecular weight excluding hydrogens is 232 g/mol. The predicted octanol–water partition coefficient (Wildman–Crippen LogP) is 2.46. The highest BCUT2D eigenvalue weighted by atomic mass is 32.1. The van der Waals surface area contributed by atoms with Crippen molar-refractivity contribution in [3.8, 4) is 0 Å². The highest BCUT2D eigenvalue weighted by Gasteiger charge is 2.13. The van der Waals surface area contributed by atoms with Gasteiger partial charge in [0.25, 0.3) is 0 Å². The monoisotopic (exact) mass is 248 g/mol. The van der Waals surface area contributed by atoms with Crippen molar-refractivity contribution in [2.24, 2.45) is 0 Å². The van der Waals surface area contributed by atoms with Gasteiger partial charge in [-0.2, -0.15) is 4.37 Å². The van der Waals surface area contributed by atoms with Gasteiger partial charge in [0.15, 0.2) is 0 Å². The van der Waals surface area contributed by atoms with Gasteiger partial charge < -0.3 is 10.6 Å². The summed E-state index contributed by atoms with van der Waals surface area (Å²) in [5.41, 5.74) is 7.90. The van der Waals surface area contributed by atoms with Crippen LogP contribution in [0.25, 0.3) is 0 Å². The smallest absolute Gasteiger partial charge is 0.142 e. The maximum absolute atomic E-state index is 5.78. The van der Waals surface area contributed by atoms with Crippen LogP contribution < -0.4 is 10.6 Å². The maximum Gasteiger partial charge on any atom is 0.142 e. The average Bonchev–Trinajstić information content (AvgIpc) is 2.69. The second kappa shape index (κ2) is 5.14. The van der Waals surface area contributed by atoms with Crippen LogP contribution in [0.15, 0.2) is 24.4 Å². The molecule has 0 aliphatic carbocycles. The van der Waals surface area contributed by atoms with Crippen LogP contribution in [-0.2, 0) is 6.54 Å². The quantitative estimate of drug-likeness (QED) is 0.903. The lowest BCUT2D eigenvalue weighted by atomic mass is 10.3. The van der Waals surface area contributed by atoms with Gasteiger partial charge in [-0.05, 0) is 37.5 Å². The third kappa shape index (κ3) is 2.55. The Morgan fingerprint density at radius 1 is 1.41 bits per heavy atom. The van der Waals surface area contributed by atoms with Crippen LogP contribution in [-0.4, -0.2) is 15.9 Å². The summed E-state index contributed by atoms with van der Waals surface area (Å²) in [5.74, 6) is 0.629. The summed E-state index contributed by atoms with van der Waals surface area (Å²) in [6.45, 7) is 5.84. The van der Waals surface area contributed by atoms with Crippen molar-refractivity contribution in [3.63, 3.8) is 0 Å². The van der Waals surface area contributed by atoms with E-state index in [1.54, 1.807) is 0 Å². The second-order valence-corrected chi connectivity index (χ2v) is 4.59. The van der Waals surface area contributed by atoms with Gasteiger partial charge in [-0.1, -0.05) is 6.07 Å². The zero-order valence-corrected chi connectivity index (χ0v) is 10.9. The Labute approximate surface area is 105 Å². The first-order chi connectivity index (χ1) is 8.22. The Morgan fingerprint density at radius 2 is 2.24 bits per heavy atom. The van der Waals surface area contributed by atoms with Crippen LogP contribution in [0.3, 0.4) is 0 Å². The molecule has 5 heteroatoms. The van der Waals surface area contributed by atoms with Crippen LogP contribution in [0, 0.1) is 6.92 Å². The van der Waals surface area contributed by atoms with Gasteiger partial charge in [-0.15, -0.1) is 0 Å². The topological polar surface area (TPSA) is 55.0 Å². The van der Waals surface area contributed by atoms with E-state index >= 15 is 0 Å². The number of nitrogens with two attached hydrogens (primary N) is 1. The molecule has 2 heterocycles. The van der Waals surface area contributed by atoms with E-state index in [1.807, 2.05) is 31.3 Å². The van der Waals surface area contributed by atoms with E-state index in [4.69, 9.17) is 5.73 Å². The molecule has 2 aromatic heterocycles. The van der Waals surface area contributed by atoms with E-state index in [0.717, 1.165) is 29.3 Å². The Balaban J connectivity index is 2.20. The first kappa shape index (κ1) is 11.9. The lowest BCUT2D eigenvalue weighted by Crippen LogP contribution is -2.22. The third-order valence-electron chi connectivity index (χ3n) is 2.68. The summed E-state index contributed by atoms with van der Waals surface area (Å²) >= 11 is 1.45. The number of nitrogens with zero attached hydrogens (tertiary/aromatic N) is 3. The fraction of sp³-hybridized carbons (Fsp3) is 0.333. The molecule has 90 valence electrons. The first-order valence-corrected chi connectivity index (χ1v) is 6.36. The van der Waals surface area contributed by atoms with Gasteiger partial charge in [0.05, 0.1) is 12.2 Å². The molecule has 0 saturated heterocycles. The molecule has 0 aromatic carbocycles. The molecule has 0 saturated carbocycles. The van der Waals surface area contributed by atoms with E-state index in [0.29, 0.717) is 5.82 Å². The third-order valence-corrected chi connectivity index (χ3v) is 3.71. The summed E-state index contributed by atoms with van der Waals surface area (Å²) in [4.78, 5) is 6.58. The van der Waals surface area contributed by atoms with Crippen LogP contribution in [0.4, 0.5) is 10.8 Å². The molecule has 17 heavy (non-hydrogen) atoms. The highest BCUT2D eigenvalue weighted by Crippen LogP contribution is 2.30. The summed E-state index contributed by atoms with van der Waals surface area (Å²) in [6.07, 6.45) is 1.82. The number of anilines is 2. The molecule has 0 radical (unpaired) electrons. The minimum absolute atomic E-state index is 0.629. The number of pyridine rings is 1. The minimum Gasteiger partial charge on any atom is -0.383 e. The van der Waals surface area contributed by atoms with Crippen molar-refractivity contribution in [2.45, 2.75) is 20.4 Å². The Kier molecular flexibility index (Phi) is 3.58. The standard InChI is InChI=1S/C12H16N4S/c1-3-16(8-10-6-4-5-7-14-10)12-9(2)11(13)15-17-12/h4-7H,3,8H2,1-2H3,(H2,13,15). The van der Waals surface area contributed by atoms with Gasteiger partial charge in [0, 0.05) is 18.3 Å². The summed E-state index contributed by atoms with van der Waals surface area (Å²) < 4.78 is 4.18. The lowest BCUT2D eigenvalue weighted by Gasteiger charge is -2.21. The molecule has 2 rings (SSSR count). The summed E-state index contributed by atoms with van der Waals surface area (Å²) in [7, 11) is 0. The Morgan fingerprint density at radius 3 is 2.76 bits per heavy atom. The van der Waals surface area contributed by atoms with Gasteiger partial charge >= 0.3 is 0 Å². The molecule has 0 aliphatic rings. The predicted molar refractivity (Wildman–Crippen MR) is 72.2 cm³/mol. The number of nitrogen functional groups attached to an aromatic ring is 1. The largest absolute Gasteiger partial charge is 0.383 e. The minimum atomic E-state index is 0.629. The molecule has 0 fully saturated rings. The zero-order valence-electron chi connectivity index (χ0n) is 10.1. The van der Waals surface area contributed by atoms with Crippen molar-refractivity contribution in [1.29, 1.82) is 0 Å². The van der Waals surface area contributed by atoms with Crippen LogP contribution in [0.1, 0.15) is 18.2 Å². The molecule has 2 aromatic rings. The van der Waals surface area contributed by atoms with E-state index in [1.165, 1.54) is 11.5 Å². The van der Waals surface area contributed by atoms with Crippen molar-refractivity contribution < 1.29 is 0 Å². The Hall–Kier alpha value is -1.62.